The van der Waals surface area contributed by atoms with Gasteiger partial charge in [-0.05, 0) is 28.1 Å². The molecule has 0 spiro atoms. The van der Waals surface area contributed by atoms with Crippen molar-refractivity contribution in [2.24, 2.45) is 0 Å². The van der Waals surface area contributed by atoms with Crippen LogP contribution >= 0.6 is 31.9 Å². The van der Waals surface area contributed by atoms with Crippen LogP contribution in [-0.4, -0.2) is 24.2 Å². The minimum atomic E-state index is -3.42. The maximum atomic E-state index is 13.0. The second kappa shape index (κ2) is 5.49. The number of halogens is 4. The lowest BCUT2D eigenvalue weighted by Gasteiger charge is -2.19. The van der Waals surface area contributed by atoms with Gasteiger partial charge >= 0.3 is 4.83 Å². The predicted octanol–water partition coefficient (Wildman–Crippen LogP) is 3.49. The highest BCUT2D eigenvalue weighted by Crippen LogP contribution is 2.43. The summed E-state index contributed by atoms with van der Waals surface area (Å²) in [5.41, 5.74) is 0.00419. The van der Waals surface area contributed by atoms with Crippen molar-refractivity contribution in [2.75, 3.05) is 14.2 Å². The van der Waals surface area contributed by atoms with Gasteiger partial charge in [0.2, 0.25) is 0 Å². The summed E-state index contributed by atoms with van der Waals surface area (Å²) in [6.07, 6.45) is -1.99. The van der Waals surface area contributed by atoms with Gasteiger partial charge in [0, 0.05) is 10.0 Å². The van der Waals surface area contributed by atoms with Crippen LogP contribution in [0.5, 0.6) is 11.5 Å². The molecule has 0 aliphatic rings. The summed E-state index contributed by atoms with van der Waals surface area (Å²) in [4.78, 5) is -3.42. The van der Waals surface area contributed by atoms with Gasteiger partial charge < -0.3 is 14.6 Å². The Labute approximate surface area is 114 Å². The summed E-state index contributed by atoms with van der Waals surface area (Å²) in [7, 11) is 2.81. The number of aliphatic hydroxyl groups excluding tert-OH is 1. The minimum absolute atomic E-state index is 0.00419. The number of alkyl halides is 3. The maximum absolute atomic E-state index is 13.0. The van der Waals surface area contributed by atoms with Crippen molar-refractivity contribution in [1.29, 1.82) is 0 Å². The van der Waals surface area contributed by atoms with Crippen molar-refractivity contribution in [3.8, 4) is 11.5 Å². The first-order chi connectivity index (χ1) is 7.81. The fraction of sp³-hybridized carbons (Fsp3) is 0.400. The van der Waals surface area contributed by atoms with E-state index in [0.29, 0.717) is 10.2 Å². The van der Waals surface area contributed by atoms with Crippen LogP contribution in [0.25, 0.3) is 0 Å². The first-order valence-electron chi connectivity index (χ1n) is 4.47. The van der Waals surface area contributed by atoms with E-state index in [1.807, 2.05) is 0 Å². The zero-order valence-corrected chi connectivity index (χ0v) is 12.2. The molecule has 0 fully saturated rings. The average Bonchev–Trinajstić information content (AvgIpc) is 2.26. The molecule has 0 bridgehead atoms. The number of rotatable bonds is 4. The molecule has 0 aliphatic carbocycles. The van der Waals surface area contributed by atoms with E-state index < -0.39 is 10.9 Å². The summed E-state index contributed by atoms with van der Waals surface area (Å²) < 4.78 is 36.2. The molecule has 0 amide bonds. The van der Waals surface area contributed by atoms with E-state index in [0.717, 1.165) is 0 Å². The molecule has 0 saturated heterocycles. The molecule has 3 nitrogen and oxygen atoms in total. The molecule has 0 heterocycles. The Hall–Kier alpha value is -0.400. The number of hydrogen-bond donors (Lipinski definition) is 1. The molecule has 7 heteroatoms. The van der Waals surface area contributed by atoms with E-state index in [1.54, 1.807) is 0 Å². The topological polar surface area (TPSA) is 38.7 Å². The molecule has 1 aromatic carbocycles. The SMILES string of the molecule is COc1cc(Br)c(C(O)C(F)(F)Br)cc1OC. The van der Waals surface area contributed by atoms with Gasteiger partial charge in [0.1, 0.15) is 0 Å². The van der Waals surface area contributed by atoms with Crippen LogP contribution in [-0.2, 0) is 0 Å². The second-order valence-electron chi connectivity index (χ2n) is 3.17. The van der Waals surface area contributed by atoms with Crippen LogP contribution in [0.4, 0.5) is 8.78 Å². The number of methoxy groups -OCH3 is 2. The van der Waals surface area contributed by atoms with E-state index in [-0.39, 0.29) is 11.3 Å². The van der Waals surface area contributed by atoms with Crippen LogP contribution < -0.4 is 9.47 Å². The normalized spacial score (nSPS) is 13.4. The average molecular weight is 376 g/mol. The summed E-state index contributed by atoms with van der Waals surface area (Å²) in [6, 6.07) is 2.75. The van der Waals surface area contributed by atoms with Crippen LogP contribution in [0, 0.1) is 0 Å². The Kier molecular flexibility index (Phi) is 4.74. The van der Waals surface area contributed by atoms with E-state index in [9.17, 15) is 13.9 Å². The quantitative estimate of drug-likeness (QED) is 0.818. The van der Waals surface area contributed by atoms with Crippen molar-refractivity contribution >= 4 is 31.9 Å². The van der Waals surface area contributed by atoms with Crippen molar-refractivity contribution in [3.63, 3.8) is 0 Å². The van der Waals surface area contributed by atoms with Gasteiger partial charge in [0.05, 0.1) is 14.2 Å². The third kappa shape index (κ3) is 3.29. The van der Waals surface area contributed by atoms with Crippen molar-refractivity contribution in [2.45, 2.75) is 10.9 Å². The third-order valence-electron chi connectivity index (χ3n) is 2.11. The van der Waals surface area contributed by atoms with Crippen LogP contribution in [0.1, 0.15) is 11.7 Å². The van der Waals surface area contributed by atoms with E-state index >= 15 is 0 Å². The number of aliphatic hydroxyl groups is 1. The van der Waals surface area contributed by atoms with Gasteiger partial charge in [0.15, 0.2) is 17.6 Å². The molecule has 17 heavy (non-hydrogen) atoms. The smallest absolute Gasteiger partial charge is 0.330 e. The number of ether oxygens (including phenoxy) is 2. The highest BCUT2D eigenvalue weighted by Gasteiger charge is 2.37. The zero-order valence-electron chi connectivity index (χ0n) is 9.01. The standard InChI is InChI=1S/C10H10Br2F2O3/c1-16-7-3-5(9(15)10(12,13)14)6(11)4-8(7)17-2/h3-4,9,15H,1-2H3. The van der Waals surface area contributed by atoms with Crippen LogP contribution in [0.2, 0.25) is 0 Å². The van der Waals surface area contributed by atoms with E-state index in [4.69, 9.17) is 9.47 Å². The molecular formula is C10H10Br2F2O3. The highest BCUT2D eigenvalue weighted by atomic mass is 79.9. The zero-order chi connectivity index (χ0) is 13.2. The second-order valence-corrected chi connectivity index (χ2v) is 5.08. The Morgan fingerprint density at radius 1 is 1.24 bits per heavy atom. The van der Waals surface area contributed by atoms with Crippen molar-refractivity contribution in [1.82, 2.24) is 0 Å². The summed E-state index contributed by atoms with van der Waals surface area (Å²) in [5, 5.41) is 9.50. The predicted molar refractivity (Wildman–Crippen MR) is 66.1 cm³/mol. The first kappa shape index (κ1) is 14.7. The minimum Gasteiger partial charge on any atom is -0.493 e. The lowest BCUT2D eigenvalue weighted by atomic mass is 10.1. The summed E-state index contributed by atoms with van der Waals surface area (Å²) in [5.74, 6) is 0.648. The fourth-order valence-corrected chi connectivity index (χ4v) is 2.04. The Balaban J connectivity index is 3.26. The lowest BCUT2D eigenvalue weighted by Crippen LogP contribution is -2.18. The van der Waals surface area contributed by atoms with Gasteiger partial charge in [-0.1, -0.05) is 15.9 Å². The number of hydrogen-bond acceptors (Lipinski definition) is 3. The molecule has 1 atom stereocenters. The molecule has 96 valence electrons. The van der Waals surface area contributed by atoms with Gasteiger partial charge in [-0.15, -0.1) is 0 Å². The van der Waals surface area contributed by atoms with Crippen LogP contribution in [0.3, 0.4) is 0 Å². The van der Waals surface area contributed by atoms with Crippen LogP contribution in [0.15, 0.2) is 16.6 Å². The molecule has 0 saturated carbocycles. The lowest BCUT2D eigenvalue weighted by molar-refractivity contribution is -0.0299. The van der Waals surface area contributed by atoms with Gasteiger partial charge in [-0.3, -0.25) is 0 Å². The third-order valence-corrected chi connectivity index (χ3v) is 3.23. The van der Waals surface area contributed by atoms with Gasteiger partial charge in [-0.2, -0.15) is 8.78 Å². The first-order valence-corrected chi connectivity index (χ1v) is 6.06. The highest BCUT2D eigenvalue weighted by molar-refractivity contribution is 9.10. The molecule has 1 aromatic rings. The largest absolute Gasteiger partial charge is 0.493 e. The Bertz CT molecular complexity index is 407. The molecule has 1 N–H and O–H groups in total. The Morgan fingerprint density at radius 2 is 1.71 bits per heavy atom. The molecule has 0 radical (unpaired) electrons. The van der Waals surface area contributed by atoms with Crippen molar-refractivity contribution in [3.05, 3.63) is 22.2 Å². The number of benzene rings is 1. The molecule has 0 aliphatic heterocycles. The molecular weight excluding hydrogens is 366 g/mol. The monoisotopic (exact) mass is 374 g/mol. The maximum Gasteiger partial charge on any atom is 0.330 e. The van der Waals surface area contributed by atoms with Gasteiger partial charge in [0.25, 0.3) is 0 Å². The van der Waals surface area contributed by atoms with Gasteiger partial charge in [-0.25, -0.2) is 0 Å². The van der Waals surface area contributed by atoms with Crippen molar-refractivity contribution < 1.29 is 23.4 Å². The van der Waals surface area contributed by atoms with E-state index in [2.05, 4.69) is 31.9 Å². The molecule has 1 unspecified atom stereocenters. The fourth-order valence-electron chi connectivity index (χ4n) is 1.26. The molecule has 1 rings (SSSR count). The Morgan fingerprint density at radius 3 is 2.12 bits per heavy atom. The summed E-state index contributed by atoms with van der Waals surface area (Å²) >= 11 is 5.22. The molecule has 0 aromatic heterocycles. The van der Waals surface area contributed by atoms with E-state index in [1.165, 1.54) is 26.4 Å². The summed E-state index contributed by atoms with van der Waals surface area (Å²) in [6.45, 7) is 0.